The lowest BCUT2D eigenvalue weighted by atomic mass is 10.2. The number of amides is 1. The lowest BCUT2D eigenvalue weighted by molar-refractivity contribution is -0.128. The molecule has 8 heteroatoms. The third-order valence-electron chi connectivity index (χ3n) is 3.18. The van der Waals surface area contributed by atoms with Crippen molar-refractivity contribution >= 4 is 34.8 Å². The van der Waals surface area contributed by atoms with Gasteiger partial charge in [0.1, 0.15) is 5.75 Å². The minimum atomic E-state index is -1.05. The van der Waals surface area contributed by atoms with Crippen molar-refractivity contribution in [3.63, 3.8) is 0 Å². The Hall–Kier alpha value is -2.12. The molecule has 2 N–H and O–H groups in total. The predicted molar refractivity (Wildman–Crippen MR) is 91.9 cm³/mol. The molecule has 2 rings (SSSR count). The number of rotatable bonds is 8. The first-order valence-corrected chi connectivity index (χ1v) is 8.63. The monoisotopic (exact) mass is 368 g/mol. The molecular formula is C16H17ClN2O4S. The highest BCUT2D eigenvalue weighted by molar-refractivity contribution is 7.09. The second-order valence-electron chi connectivity index (χ2n) is 4.92. The Labute approximate surface area is 148 Å². The van der Waals surface area contributed by atoms with Crippen LogP contribution in [0.25, 0.3) is 0 Å². The predicted octanol–water partition coefficient (Wildman–Crippen LogP) is 3.01. The number of carbonyl (C=O) groups is 2. The number of hydrogen-bond donors (Lipinski definition) is 2. The van der Waals surface area contributed by atoms with Crippen molar-refractivity contribution in [1.82, 2.24) is 10.3 Å². The number of carboxylic acids is 1. The molecule has 0 bridgehead atoms. The molecule has 0 aliphatic carbocycles. The highest BCUT2D eigenvalue weighted by Crippen LogP contribution is 2.24. The zero-order valence-electron chi connectivity index (χ0n) is 13.0. The van der Waals surface area contributed by atoms with Gasteiger partial charge in [-0.3, -0.25) is 4.79 Å². The Bertz CT molecular complexity index is 720. The topological polar surface area (TPSA) is 88.5 Å². The first-order valence-electron chi connectivity index (χ1n) is 7.37. The summed E-state index contributed by atoms with van der Waals surface area (Å²) < 4.78 is 5.66. The van der Waals surface area contributed by atoms with Gasteiger partial charge in [-0.25, -0.2) is 9.78 Å². The minimum absolute atomic E-state index is 0.0230. The van der Waals surface area contributed by atoms with Crippen LogP contribution in [0, 0.1) is 0 Å². The number of halogens is 1. The summed E-state index contributed by atoms with van der Waals surface area (Å²) in [6, 6.07) is 6.98. The Morgan fingerprint density at radius 2 is 2.17 bits per heavy atom. The van der Waals surface area contributed by atoms with Crippen molar-refractivity contribution in [3.8, 4) is 5.75 Å². The average molecular weight is 369 g/mol. The Balaban J connectivity index is 1.85. The Morgan fingerprint density at radius 1 is 1.42 bits per heavy atom. The lowest BCUT2D eigenvalue weighted by Crippen LogP contribution is -2.39. The number of benzene rings is 1. The highest BCUT2D eigenvalue weighted by Gasteiger charge is 2.19. The number of aromatic carboxylic acids is 1. The van der Waals surface area contributed by atoms with Crippen LogP contribution in [0.5, 0.6) is 5.75 Å². The summed E-state index contributed by atoms with van der Waals surface area (Å²) in [4.78, 5) is 26.9. The van der Waals surface area contributed by atoms with E-state index < -0.39 is 12.1 Å². The molecule has 0 aliphatic heterocycles. The van der Waals surface area contributed by atoms with Gasteiger partial charge in [0.05, 0.1) is 10.0 Å². The summed E-state index contributed by atoms with van der Waals surface area (Å²) >= 11 is 7.29. The number of nitrogens with zero attached hydrogens (tertiary/aromatic N) is 1. The zero-order chi connectivity index (χ0) is 17.5. The van der Waals surface area contributed by atoms with Gasteiger partial charge in [0, 0.05) is 18.3 Å². The van der Waals surface area contributed by atoms with Crippen LogP contribution in [0.2, 0.25) is 5.02 Å². The van der Waals surface area contributed by atoms with E-state index in [2.05, 4.69) is 10.3 Å². The molecule has 1 amide bonds. The van der Waals surface area contributed by atoms with E-state index >= 15 is 0 Å². The van der Waals surface area contributed by atoms with Gasteiger partial charge in [0.25, 0.3) is 5.91 Å². The van der Waals surface area contributed by atoms with Crippen molar-refractivity contribution in [3.05, 3.63) is 45.4 Å². The van der Waals surface area contributed by atoms with Gasteiger partial charge >= 0.3 is 5.97 Å². The third-order valence-corrected chi connectivity index (χ3v) is 4.40. The van der Waals surface area contributed by atoms with E-state index in [0.717, 1.165) is 0 Å². The first kappa shape index (κ1) is 18.2. The van der Waals surface area contributed by atoms with E-state index in [4.69, 9.17) is 21.4 Å². The molecule has 0 fully saturated rings. The van der Waals surface area contributed by atoms with Crippen molar-refractivity contribution in [2.24, 2.45) is 0 Å². The molecule has 1 aromatic carbocycles. The van der Waals surface area contributed by atoms with E-state index in [0.29, 0.717) is 35.2 Å². The molecule has 0 saturated carbocycles. The fourth-order valence-electron chi connectivity index (χ4n) is 1.95. The maximum atomic E-state index is 12.2. The second-order valence-corrected chi connectivity index (χ2v) is 6.27. The summed E-state index contributed by atoms with van der Waals surface area (Å²) in [7, 11) is 0. The van der Waals surface area contributed by atoms with Crippen LogP contribution in [-0.2, 0) is 11.2 Å². The largest absolute Gasteiger partial charge is 0.479 e. The molecule has 128 valence electrons. The Kier molecular flexibility index (Phi) is 6.57. The van der Waals surface area contributed by atoms with Crippen LogP contribution in [0.15, 0.2) is 29.6 Å². The van der Waals surface area contributed by atoms with Crippen LogP contribution in [0.1, 0.15) is 28.8 Å². The fraction of sp³-hybridized carbons (Fsp3) is 0.312. The molecule has 0 spiro atoms. The summed E-state index contributed by atoms with van der Waals surface area (Å²) in [5.74, 6) is -0.833. The molecule has 1 aromatic heterocycles. The van der Waals surface area contributed by atoms with Gasteiger partial charge < -0.3 is 15.2 Å². The van der Waals surface area contributed by atoms with Crippen LogP contribution in [0.4, 0.5) is 0 Å². The van der Waals surface area contributed by atoms with Gasteiger partial charge in [0.15, 0.2) is 11.8 Å². The molecule has 2 aromatic rings. The lowest BCUT2D eigenvalue weighted by Gasteiger charge is -2.17. The third kappa shape index (κ3) is 4.94. The molecule has 0 aliphatic rings. The van der Waals surface area contributed by atoms with Crippen LogP contribution < -0.4 is 10.1 Å². The maximum Gasteiger partial charge on any atom is 0.355 e. The number of aromatic nitrogens is 1. The second kappa shape index (κ2) is 8.65. The van der Waals surface area contributed by atoms with Gasteiger partial charge in [-0.2, -0.15) is 0 Å². The summed E-state index contributed by atoms with van der Waals surface area (Å²) in [5, 5.41) is 14.2. The maximum absolute atomic E-state index is 12.2. The SMILES string of the molecule is CCC(Oc1ccccc1Cl)C(=O)NCCc1nc(C(=O)O)cs1. The fourth-order valence-corrected chi connectivity index (χ4v) is 2.90. The molecule has 6 nitrogen and oxygen atoms in total. The van der Waals surface area contributed by atoms with Crippen LogP contribution >= 0.6 is 22.9 Å². The van der Waals surface area contributed by atoms with Crippen molar-refractivity contribution < 1.29 is 19.4 Å². The number of ether oxygens (including phenoxy) is 1. The van der Waals surface area contributed by atoms with E-state index in [1.165, 1.54) is 16.7 Å². The molecular weight excluding hydrogens is 352 g/mol. The standard InChI is InChI=1S/C16H17ClN2O4S/c1-2-12(23-13-6-4-3-5-10(13)17)15(20)18-8-7-14-19-11(9-24-14)16(21)22/h3-6,9,12H,2,7-8H2,1H3,(H,18,20)(H,21,22). The smallest absolute Gasteiger partial charge is 0.355 e. The van der Waals surface area contributed by atoms with Crippen LogP contribution in [0.3, 0.4) is 0 Å². The molecule has 1 unspecified atom stereocenters. The highest BCUT2D eigenvalue weighted by atomic mass is 35.5. The molecule has 1 heterocycles. The summed E-state index contributed by atoms with van der Waals surface area (Å²) in [6.07, 6.45) is 0.319. The van der Waals surface area contributed by atoms with E-state index in [1.807, 2.05) is 6.92 Å². The number of thiazole rings is 1. The number of nitrogens with one attached hydrogen (secondary N) is 1. The number of carboxylic acid groups (broad SMARTS) is 1. The number of para-hydroxylation sites is 1. The van der Waals surface area contributed by atoms with Crippen LogP contribution in [-0.4, -0.2) is 34.6 Å². The van der Waals surface area contributed by atoms with Crippen molar-refractivity contribution in [2.45, 2.75) is 25.9 Å². The molecule has 0 saturated heterocycles. The molecule has 1 atom stereocenters. The van der Waals surface area contributed by atoms with E-state index in [9.17, 15) is 9.59 Å². The first-order chi connectivity index (χ1) is 11.5. The van der Waals surface area contributed by atoms with Gasteiger partial charge in [-0.15, -0.1) is 11.3 Å². The van der Waals surface area contributed by atoms with Gasteiger partial charge in [0.2, 0.25) is 0 Å². The van der Waals surface area contributed by atoms with Crippen molar-refractivity contribution in [1.29, 1.82) is 0 Å². The quantitative estimate of drug-likeness (QED) is 0.747. The molecule has 0 radical (unpaired) electrons. The van der Waals surface area contributed by atoms with E-state index in [1.54, 1.807) is 24.3 Å². The zero-order valence-corrected chi connectivity index (χ0v) is 14.6. The Morgan fingerprint density at radius 3 is 2.79 bits per heavy atom. The normalized spacial score (nSPS) is 11.8. The average Bonchev–Trinajstić information content (AvgIpc) is 3.03. The summed E-state index contributed by atoms with van der Waals surface area (Å²) in [5.41, 5.74) is 0.0230. The molecule has 24 heavy (non-hydrogen) atoms. The minimum Gasteiger partial charge on any atom is -0.479 e. The number of hydrogen-bond acceptors (Lipinski definition) is 5. The van der Waals surface area contributed by atoms with Gasteiger partial charge in [-0.1, -0.05) is 30.7 Å². The van der Waals surface area contributed by atoms with E-state index in [-0.39, 0.29) is 11.6 Å². The van der Waals surface area contributed by atoms with Gasteiger partial charge in [-0.05, 0) is 18.6 Å². The van der Waals surface area contributed by atoms with Crippen molar-refractivity contribution in [2.75, 3.05) is 6.54 Å². The summed E-state index contributed by atoms with van der Waals surface area (Å²) in [6.45, 7) is 2.20. The number of carbonyl (C=O) groups excluding carboxylic acids is 1.